The molecule has 2 fully saturated rings. The Bertz CT molecular complexity index is 626. The number of urea groups is 1. The molecule has 0 radical (unpaired) electrons. The minimum atomic E-state index is -0.874. The standard InChI is InChI=1S/C17H28N4O2S2/c1-17(2)6-10-20(11-12-25(17)23)15(22)18-7-5-14-13-24-16(19-14)21-8-3-4-9-21/h13H,3-12H2,1-2H3,(H,18,22). The third-order valence-electron chi connectivity index (χ3n) is 5.01. The summed E-state index contributed by atoms with van der Waals surface area (Å²) in [6.07, 6.45) is 4.03. The van der Waals surface area contributed by atoms with Crippen molar-refractivity contribution in [3.63, 3.8) is 0 Å². The van der Waals surface area contributed by atoms with Crippen molar-refractivity contribution in [1.82, 2.24) is 15.2 Å². The van der Waals surface area contributed by atoms with Crippen LogP contribution < -0.4 is 10.2 Å². The van der Waals surface area contributed by atoms with E-state index in [4.69, 9.17) is 0 Å². The van der Waals surface area contributed by atoms with Gasteiger partial charge in [-0.25, -0.2) is 9.78 Å². The molecule has 2 amide bonds. The van der Waals surface area contributed by atoms with Gasteiger partial charge in [0.15, 0.2) is 5.13 Å². The molecule has 1 N–H and O–H groups in total. The summed E-state index contributed by atoms with van der Waals surface area (Å²) in [5.41, 5.74) is 1.05. The van der Waals surface area contributed by atoms with E-state index in [0.29, 0.717) is 25.4 Å². The van der Waals surface area contributed by atoms with E-state index in [2.05, 4.69) is 20.6 Å². The summed E-state index contributed by atoms with van der Waals surface area (Å²) in [6, 6.07) is -0.0512. The molecule has 25 heavy (non-hydrogen) atoms. The van der Waals surface area contributed by atoms with Crippen molar-refractivity contribution < 1.29 is 9.00 Å². The summed E-state index contributed by atoms with van der Waals surface area (Å²) in [6.45, 7) is 8.07. The van der Waals surface area contributed by atoms with Gasteiger partial charge in [0.05, 0.1) is 5.69 Å². The lowest BCUT2D eigenvalue weighted by Gasteiger charge is -2.22. The van der Waals surface area contributed by atoms with Crippen LogP contribution in [0.3, 0.4) is 0 Å². The SMILES string of the molecule is CC1(C)CCN(C(=O)NCCc2csc(N3CCCC3)n2)CCS1=O. The van der Waals surface area contributed by atoms with Gasteiger partial charge >= 0.3 is 6.03 Å². The molecule has 8 heteroatoms. The van der Waals surface area contributed by atoms with Crippen LogP contribution in [0.2, 0.25) is 0 Å². The molecule has 2 aliphatic heterocycles. The first kappa shape index (κ1) is 18.6. The zero-order chi connectivity index (χ0) is 17.9. The molecule has 0 bridgehead atoms. The van der Waals surface area contributed by atoms with Crippen LogP contribution in [0, 0.1) is 0 Å². The molecule has 2 saturated heterocycles. The molecular formula is C17H28N4O2S2. The van der Waals surface area contributed by atoms with Gasteiger partial charge in [-0.1, -0.05) is 0 Å². The van der Waals surface area contributed by atoms with Gasteiger partial charge in [0.2, 0.25) is 0 Å². The maximum atomic E-state index is 12.4. The summed E-state index contributed by atoms with van der Waals surface area (Å²) in [7, 11) is -0.874. The molecule has 1 aromatic rings. The van der Waals surface area contributed by atoms with E-state index in [0.717, 1.165) is 36.8 Å². The number of hydrogen-bond acceptors (Lipinski definition) is 5. The molecule has 0 spiro atoms. The smallest absolute Gasteiger partial charge is 0.317 e. The molecule has 140 valence electrons. The molecule has 1 unspecified atom stereocenters. The number of nitrogens with zero attached hydrogens (tertiary/aromatic N) is 3. The number of carbonyl (C=O) groups excluding carboxylic acids is 1. The summed E-state index contributed by atoms with van der Waals surface area (Å²) in [5, 5.41) is 6.19. The Morgan fingerprint density at radius 2 is 2.08 bits per heavy atom. The third kappa shape index (κ3) is 4.73. The normalized spacial score (nSPS) is 23.5. The number of rotatable bonds is 4. The molecule has 3 rings (SSSR count). The van der Waals surface area contributed by atoms with Crippen molar-refractivity contribution in [2.45, 2.75) is 44.3 Å². The van der Waals surface area contributed by atoms with Gasteiger partial charge in [0, 0.05) is 65.8 Å². The Kier molecular flexibility index (Phi) is 5.99. The highest BCUT2D eigenvalue weighted by atomic mass is 32.2. The van der Waals surface area contributed by atoms with E-state index in [-0.39, 0.29) is 10.8 Å². The monoisotopic (exact) mass is 384 g/mol. The highest BCUT2D eigenvalue weighted by molar-refractivity contribution is 7.86. The Morgan fingerprint density at radius 1 is 1.32 bits per heavy atom. The predicted molar refractivity (Wildman–Crippen MR) is 104 cm³/mol. The second-order valence-corrected chi connectivity index (χ2v) is 10.4. The number of nitrogens with one attached hydrogen (secondary N) is 1. The summed E-state index contributed by atoms with van der Waals surface area (Å²) in [4.78, 5) is 21.2. The molecule has 0 aliphatic carbocycles. The van der Waals surface area contributed by atoms with Crippen LogP contribution >= 0.6 is 11.3 Å². The Balaban J connectivity index is 1.44. The van der Waals surface area contributed by atoms with Crippen LogP contribution in [0.1, 0.15) is 38.8 Å². The second kappa shape index (κ2) is 8.03. The molecule has 1 atom stereocenters. The van der Waals surface area contributed by atoms with Crippen LogP contribution in [-0.2, 0) is 17.2 Å². The first-order chi connectivity index (χ1) is 12.0. The van der Waals surface area contributed by atoms with E-state index >= 15 is 0 Å². The second-order valence-electron chi connectivity index (χ2n) is 7.34. The fraction of sp³-hybridized carbons (Fsp3) is 0.765. The van der Waals surface area contributed by atoms with Crippen molar-refractivity contribution in [3.05, 3.63) is 11.1 Å². The minimum Gasteiger partial charge on any atom is -0.348 e. The number of carbonyl (C=O) groups is 1. The molecule has 0 saturated carbocycles. The Morgan fingerprint density at radius 3 is 2.84 bits per heavy atom. The van der Waals surface area contributed by atoms with Crippen LogP contribution in [0.25, 0.3) is 0 Å². The quantitative estimate of drug-likeness (QED) is 0.865. The third-order valence-corrected chi connectivity index (χ3v) is 7.95. The van der Waals surface area contributed by atoms with Crippen molar-refractivity contribution in [3.8, 4) is 0 Å². The van der Waals surface area contributed by atoms with Crippen molar-refractivity contribution in [2.24, 2.45) is 0 Å². The number of hydrogen-bond donors (Lipinski definition) is 1. The number of anilines is 1. The first-order valence-corrected chi connectivity index (χ1v) is 11.3. The maximum Gasteiger partial charge on any atom is 0.317 e. The van der Waals surface area contributed by atoms with Crippen molar-refractivity contribution >= 4 is 33.3 Å². The number of aromatic nitrogens is 1. The molecule has 0 aromatic carbocycles. The number of amides is 2. The van der Waals surface area contributed by atoms with Gasteiger partial charge in [-0.05, 0) is 33.1 Å². The molecule has 2 aliphatic rings. The molecular weight excluding hydrogens is 356 g/mol. The van der Waals surface area contributed by atoms with Gasteiger partial charge in [-0.15, -0.1) is 11.3 Å². The van der Waals surface area contributed by atoms with Crippen molar-refractivity contribution in [2.75, 3.05) is 43.4 Å². The lowest BCUT2D eigenvalue weighted by molar-refractivity contribution is 0.200. The fourth-order valence-corrected chi connectivity index (χ4v) is 5.35. The van der Waals surface area contributed by atoms with Gasteiger partial charge < -0.3 is 15.1 Å². The topological polar surface area (TPSA) is 65.5 Å². The summed E-state index contributed by atoms with van der Waals surface area (Å²) < 4.78 is 11.9. The van der Waals surface area contributed by atoms with Gasteiger partial charge in [0.1, 0.15) is 0 Å². The van der Waals surface area contributed by atoms with Crippen LogP contribution in [0.4, 0.5) is 9.93 Å². The lowest BCUT2D eigenvalue weighted by atomic mass is 10.1. The van der Waals surface area contributed by atoms with E-state index in [9.17, 15) is 9.00 Å². The van der Waals surface area contributed by atoms with Gasteiger partial charge in [-0.2, -0.15) is 0 Å². The lowest BCUT2D eigenvalue weighted by Crippen LogP contribution is -2.42. The average molecular weight is 385 g/mol. The van der Waals surface area contributed by atoms with Crippen molar-refractivity contribution in [1.29, 1.82) is 0 Å². The molecule has 3 heterocycles. The predicted octanol–water partition coefficient (Wildman–Crippen LogP) is 2.23. The maximum absolute atomic E-state index is 12.4. The van der Waals surface area contributed by atoms with Crippen LogP contribution in [0.5, 0.6) is 0 Å². The van der Waals surface area contributed by atoms with E-state index in [1.165, 1.54) is 12.8 Å². The highest BCUT2D eigenvalue weighted by Gasteiger charge is 2.31. The van der Waals surface area contributed by atoms with E-state index < -0.39 is 10.8 Å². The van der Waals surface area contributed by atoms with Gasteiger partial charge in [-0.3, -0.25) is 4.21 Å². The average Bonchev–Trinajstić information content (AvgIpc) is 3.23. The fourth-order valence-electron chi connectivity index (χ4n) is 3.18. The van der Waals surface area contributed by atoms with E-state index in [1.54, 1.807) is 16.2 Å². The van der Waals surface area contributed by atoms with Crippen LogP contribution in [-0.4, -0.2) is 63.3 Å². The summed E-state index contributed by atoms with van der Waals surface area (Å²) >= 11 is 1.69. The minimum absolute atomic E-state index is 0.0512. The zero-order valence-corrected chi connectivity index (χ0v) is 16.8. The summed E-state index contributed by atoms with van der Waals surface area (Å²) in [5.74, 6) is 0.561. The zero-order valence-electron chi connectivity index (χ0n) is 15.1. The Hall–Kier alpha value is -1.15. The first-order valence-electron chi connectivity index (χ1n) is 9.06. The van der Waals surface area contributed by atoms with Gasteiger partial charge in [0.25, 0.3) is 0 Å². The molecule has 6 nitrogen and oxygen atoms in total. The number of thiazole rings is 1. The highest BCUT2D eigenvalue weighted by Crippen LogP contribution is 2.24. The van der Waals surface area contributed by atoms with Crippen LogP contribution in [0.15, 0.2) is 5.38 Å². The largest absolute Gasteiger partial charge is 0.348 e. The molecule has 1 aromatic heterocycles. The van der Waals surface area contributed by atoms with E-state index in [1.807, 2.05) is 13.8 Å². The Labute approximate surface area is 156 Å².